The predicted octanol–water partition coefficient (Wildman–Crippen LogP) is 4.16. The topological polar surface area (TPSA) is 24.9 Å². The van der Waals surface area contributed by atoms with Crippen molar-refractivity contribution in [3.8, 4) is 10.4 Å². The standard InChI is InChI=1S/C10H8Cl2N2S/c1-13-10-14-5-9(15-10)7-4-6(11)2-3-8(7)12/h2-5H,1H3,(H,13,14). The molecule has 0 aliphatic carbocycles. The molecule has 0 bridgehead atoms. The van der Waals surface area contributed by atoms with Crippen molar-refractivity contribution in [2.24, 2.45) is 0 Å². The molecule has 0 unspecified atom stereocenters. The van der Waals surface area contributed by atoms with Gasteiger partial charge in [0.2, 0.25) is 0 Å². The fourth-order valence-corrected chi connectivity index (χ4v) is 2.45. The van der Waals surface area contributed by atoms with Gasteiger partial charge in [-0.3, -0.25) is 0 Å². The van der Waals surface area contributed by atoms with Crippen LogP contribution < -0.4 is 5.32 Å². The van der Waals surface area contributed by atoms with Crippen molar-refractivity contribution in [3.63, 3.8) is 0 Å². The number of nitrogens with zero attached hydrogens (tertiary/aromatic N) is 1. The van der Waals surface area contributed by atoms with Crippen molar-refractivity contribution in [3.05, 3.63) is 34.4 Å². The molecule has 0 fully saturated rings. The Morgan fingerprint density at radius 2 is 2.13 bits per heavy atom. The summed E-state index contributed by atoms with van der Waals surface area (Å²) >= 11 is 13.5. The second-order valence-electron chi connectivity index (χ2n) is 2.90. The Bertz CT molecular complexity index is 482. The summed E-state index contributed by atoms with van der Waals surface area (Å²) in [6.07, 6.45) is 1.79. The summed E-state index contributed by atoms with van der Waals surface area (Å²) in [5, 5.41) is 5.21. The van der Waals surface area contributed by atoms with E-state index in [-0.39, 0.29) is 0 Å². The van der Waals surface area contributed by atoms with Gasteiger partial charge < -0.3 is 5.32 Å². The van der Waals surface area contributed by atoms with Crippen LogP contribution in [-0.2, 0) is 0 Å². The van der Waals surface area contributed by atoms with Crippen LogP contribution in [0.1, 0.15) is 0 Å². The van der Waals surface area contributed by atoms with Gasteiger partial charge in [-0.05, 0) is 18.2 Å². The van der Waals surface area contributed by atoms with Crippen LogP contribution in [0.3, 0.4) is 0 Å². The van der Waals surface area contributed by atoms with Crippen LogP contribution in [0, 0.1) is 0 Å². The van der Waals surface area contributed by atoms with Crippen molar-refractivity contribution in [1.82, 2.24) is 4.98 Å². The van der Waals surface area contributed by atoms with Gasteiger partial charge in [0.15, 0.2) is 5.13 Å². The van der Waals surface area contributed by atoms with Gasteiger partial charge in [0.05, 0.1) is 4.88 Å². The van der Waals surface area contributed by atoms with Gasteiger partial charge in [-0.1, -0.05) is 34.5 Å². The number of halogens is 2. The molecule has 1 heterocycles. The highest BCUT2D eigenvalue weighted by molar-refractivity contribution is 7.18. The Kier molecular flexibility index (Phi) is 3.14. The number of hydrogen-bond donors (Lipinski definition) is 1. The van der Waals surface area contributed by atoms with E-state index in [9.17, 15) is 0 Å². The molecule has 1 aromatic heterocycles. The van der Waals surface area contributed by atoms with E-state index in [4.69, 9.17) is 23.2 Å². The fraction of sp³-hybridized carbons (Fsp3) is 0.100. The minimum absolute atomic E-state index is 0.675. The van der Waals surface area contributed by atoms with E-state index in [1.165, 1.54) is 0 Å². The molecule has 5 heteroatoms. The number of benzene rings is 1. The minimum atomic E-state index is 0.675. The second-order valence-corrected chi connectivity index (χ2v) is 4.78. The highest BCUT2D eigenvalue weighted by Crippen LogP contribution is 2.35. The van der Waals surface area contributed by atoms with Crippen LogP contribution in [0.25, 0.3) is 10.4 Å². The first-order valence-electron chi connectivity index (χ1n) is 4.29. The largest absolute Gasteiger partial charge is 0.365 e. The SMILES string of the molecule is CNc1ncc(-c2cc(Cl)ccc2Cl)s1. The van der Waals surface area contributed by atoms with Gasteiger partial charge in [-0.2, -0.15) is 0 Å². The number of nitrogens with one attached hydrogen (secondary N) is 1. The Labute approximate surface area is 102 Å². The molecule has 2 aromatic rings. The lowest BCUT2D eigenvalue weighted by molar-refractivity contribution is 1.37. The minimum Gasteiger partial charge on any atom is -0.365 e. The molecule has 15 heavy (non-hydrogen) atoms. The average molecular weight is 259 g/mol. The fourth-order valence-electron chi connectivity index (χ4n) is 1.20. The summed E-state index contributed by atoms with van der Waals surface area (Å²) in [6, 6.07) is 5.40. The van der Waals surface area contributed by atoms with Crippen molar-refractivity contribution < 1.29 is 0 Å². The van der Waals surface area contributed by atoms with Gasteiger partial charge in [0.25, 0.3) is 0 Å². The molecule has 0 amide bonds. The molecular formula is C10H8Cl2N2S. The van der Waals surface area contributed by atoms with E-state index in [1.54, 1.807) is 29.7 Å². The second kappa shape index (κ2) is 4.39. The maximum Gasteiger partial charge on any atom is 0.182 e. The van der Waals surface area contributed by atoms with E-state index in [0.717, 1.165) is 15.6 Å². The van der Waals surface area contributed by atoms with E-state index in [2.05, 4.69) is 10.3 Å². The van der Waals surface area contributed by atoms with E-state index in [0.29, 0.717) is 10.0 Å². The molecule has 1 N–H and O–H groups in total. The van der Waals surface area contributed by atoms with Crippen molar-refractivity contribution in [2.75, 3.05) is 12.4 Å². The van der Waals surface area contributed by atoms with Crippen LogP contribution in [0.4, 0.5) is 5.13 Å². The molecule has 0 radical (unpaired) electrons. The summed E-state index contributed by atoms with van der Waals surface area (Å²) < 4.78 is 0. The summed E-state index contributed by atoms with van der Waals surface area (Å²) in [5.41, 5.74) is 0.920. The first kappa shape index (κ1) is 10.7. The Balaban J connectivity index is 2.48. The van der Waals surface area contributed by atoms with Crippen LogP contribution in [0.2, 0.25) is 10.0 Å². The number of anilines is 1. The van der Waals surface area contributed by atoms with Crippen LogP contribution in [-0.4, -0.2) is 12.0 Å². The average Bonchev–Trinajstić information content (AvgIpc) is 2.70. The smallest absolute Gasteiger partial charge is 0.182 e. The van der Waals surface area contributed by atoms with Crippen LogP contribution in [0.5, 0.6) is 0 Å². The van der Waals surface area contributed by atoms with Gasteiger partial charge in [0, 0.05) is 28.9 Å². The van der Waals surface area contributed by atoms with Crippen molar-refractivity contribution in [1.29, 1.82) is 0 Å². The summed E-state index contributed by atoms with van der Waals surface area (Å²) in [6.45, 7) is 0. The third-order valence-corrected chi connectivity index (χ3v) is 3.53. The van der Waals surface area contributed by atoms with E-state index >= 15 is 0 Å². The Morgan fingerprint density at radius 3 is 2.80 bits per heavy atom. The number of thiazole rings is 1. The highest BCUT2D eigenvalue weighted by Gasteiger charge is 2.07. The lowest BCUT2D eigenvalue weighted by Gasteiger charge is -2.00. The Hall–Kier alpha value is -0.770. The van der Waals surface area contributed by atoms with Crippen molar-refractivity contribution >= 4 is 39.7 Å². The third-order valence-electron chi connectivity index (χ3n) is 1.91. The molecule has 1 aromatic carbocycles. The maximum atomic E-state index is 6.08. The highest BCUT2D eigenvalue weighted by atomic mass is 35.5. The zero-order chi connectivity index (χ0) is 10.8. The van der Waals surface area contributed by atoms with Crippen LogP contribution in [0.15, 0.2) is 24.4 Å². The summed E-state index contributed by atoms with van der Waals surface area (Å²) in [4.78, 5) is 5.19. The summed E-state index contributed by atoms with van der Waals surface area (Å²) in [7, 11) is 1.84. The first-order chi connectivity index (χ1) is 7.20. The molecule has 78 valence electrons. The molecule has 0 aliphatic rings. The Morgan fingerprint density at radius 1 is 1.33 bits per heavy atom. The van der Waals surface area contributed by atoms with E-state index in [1.807, 2.05) is 13.1 Å². The van der Waals surface area contributed by atoms with Gasteiger partial charge >= 0.3 is 0 Å². The monoisotopic (exact) mass is 258 g/mol. The number of rotatable bonds is 2. The molecule has 0 saturated carbocycles. The van der Waals surface area contributed by atoms with Gasteiger partial charge in [-0.15, -0.1) is 0 Å². The third kappa shape index (κ3) is 2.25. The molecule has 2 rings (SSSR count). The molecule has 0 atom stereocenters. The molecule has 0 aliphatic heterocycles. The number of aromatic nitrogens is 1. The zero-order valence-corrected chi connectivity index (χ0v) is 10.2. The first-order valence-corrected chi connectivity index (χ1v) is 5.87. The normalized spacial score (nSPS) is 10.3. The predicted molar refractivity (Wildman–Crippen MR) is 67.1 cm³/mol. The molecule has 2 nitrogen and oxygen atoms in total. The van der Waals surface area contributed by atoms with E-state index < -0.39 is 0 Å². The molecule has 0 saturated heterocycles. The van der Waals surface area contributed by atoms with Crippen molar-refractivity contribution in [2.45, 2.75) is 0 Å². The maximum absolute atomic E-state index is 6.08. The number of hydrogen-bond acceptors (Lipinski definition) is 3. The molecular weight excluding hydrogens is 251 g/mol. The lowest BCUT2D eigenvalue weighted by atomic mass is 10.2. The van der Waals surface area contributed by atoms with Crippen LogP contribution >= 0.6 is 34.5 Å². The van der Waals surface area contributed by atoms with Gasteiger partial charge in [0.1, 0.15) is 0 Å². The lowest BCUT2D eigenvalue weighted by Crippen LogP contribution is -1.83. The zero-order valence-electron chi connectivity index (χ0n) is 7.92. The quantitative estimate of drug-likeness (QED) is 0.875. The summed E-state index contributed by atoms with van der Waals surface area (Å²) in [5.74, 6) is 0. The molecule has 0 spiro atoms. The van der Waals surface area contributed by atoms with Gasteiger partial charge in [-0.25, -0.2) is 4.98 Å².